The molecule has 1 aliphatic carbocycles. The van der Waals surface area contributed by atoms with E-state index >= 15 is 0 Å². The largest absolute Gasteiger partial charge is 0.303 e. The fraction of sp³-hybridized carbons (Fsp3) is 0.875. The third-order valence-corrected chi connectivity index (χ3v) is 3.55. The summed E-state index contributed by atoms with van der Waals surface area (Å²) in [6.45, 7) is 1.98. The van der Waals surface area contributed by atoms with Crippen LogP contribution in [0, 0.1) is 11.3 Å². The fourth-order valence-corrected chi connectivity index (χ4v) is 3.12. The topological polar surface area (TPSA) is 71.4 Å². The highest BCUT2D eigenvalue weighted by Crippen LogP contribution is 2.40. The van der Waals surface area contributed by atoms with Crippen molar-refractivity contribution in [2.45, 2.75) is 26.2 Å². The predicted molar refractivity (Wildman–Crippen MR) is 47.9 cm³/mol. The first-order chi connectivity index (χ1) is 5.87. The summed E-state index contributed by atoms with van der Waals surface area (Å²) in [7, 11) is -4.03. The molecule has 76 valence electrons. The normalized spacial score (nSPS) is 34.8. The third kappa shape index (κ3) is 2.77. The van der Waals surface area contributed by atoms with Gasteiger partial charge in [-0.1, -0.05) is 6.92 Å². The highest BCUT2D eigenvalue weighted by atomic mass is 32.2. The Bertz CT molecular complexity index is 295. The van der Waals surface area contributed by atoms with Crippen LogP contribution in [0.3, 0.4) is 0 Å². The molecule has 0 aromatic heterocycles. The molecule has 0 aliphatic heterocycles. The van der Waals surface area contributed by atoms with E-state index in [1.54, 1.807) is 0 Å². The van der Waals surface area contributed by atoms with Gasteiger partial charge in [0.2, 0.25) is 0 Å². The smallest absolute Gasteiger partial charge is 0.265 e. The van der Waals surface area contributed by atoms with Crippen LogP contribution in [0.5, 0.6) is 0 Å². The van der Waals surface area contributed by atoms with Crippen molar-refractivity contribution in [1.29, 1.82) is 0 Å². The Hall–Kier alpha value is -0.420. The second-order valence-corrected chi connectivity index (χ2v) is 5.51. The summed E-state index contributed by atoms with van der Waals surface area (Å²) in [5, 5.41) is 0. The molecular formula is C8H14O4S. The van der Waals surface area contributed by atoms with Crippen LogP contribution in [0.25, 0.3) is 0 Å². The maximum atomic E-state index is 10.8. The minimum atomic E-state index is -4.03. The van der Waals surface area contributed by atoms with E-state index in [0.29, 0.717) is 25.0 Å². The quantitative estimate of drug-likeness (QED) is 0.549. The fourth-order valence-electron chi connectivity index (χ4n) is 2.07. The van der Waals surface area contributed by atoms with Crippen molar-refractivity contribution in [1.82, 2.24) is 0 Å². The van der Waals surface area contributed by atoms with Crippen LogP contribution in [0.4, 0.5) is 0 Å². The van der Waals surface area contributed by atoms with Gasteiger partial charge < -0.3 is 4.79 Å². The van der Waals surface area contributed by atoms with E-state index in [4.69, 9.17) is 4.55 Å². The Morgan fingerprint density at radius 2 is 2.23 bits per heavy atom. The van der Waals surface area contributed by atoms with Gasteiger partial charge in [0.05, 0.1) is 5.75 Å². The Kier molecular flexibility index (Phi) is 2.77. The zero-order valence-corrected chi connectivity index (χ0v) is 8.38. The second kappa shape index (κ2) is 3.38. The molecule has 1 rings (SSSR count). The molecule has 2 unspecified atom stereocenters. The molecule has 0 aromatic carbocycles. The first kappa shape index (κ1) is 10.7. The van der Waals surface area contributed by atoms with Gasteiger partial charge in [0.25, 0.3) is 10.1 Å². The predicted octanol–water partition coefficient (Wildman–Crippen LogP) is 0.879. The van der Waals surface area contributed by atoms with Crippen LogP contribution in [-0.4, -0.2) is 25.0 Å². The Balaban J connectivity index is 2.78. The van der Waals surface area contributed by atoms with E-state index in [0.717, 1.165) is 6.42 Å². The SMILES string of the molecule is CC1CCC(C=O)(CS(=O)(=O)O)C1. The van der Waals surface area contributed by atoms with Crippen LogP contribution in [0.1, 0.15) is 26.2 Å². The highest BCUT2D eigenvalue weighted by molar-refractivity contribution is 7.85. The third-order valence-electron chi connectivity index (χ3n) is 2.61. The maximum absolute atomic E-state index is 10.8. The standard InChI is InChI=1S/C8H14O4S/c1-7-2-3-8(4-7,5-9)6-13(10,11)12/h5,7H,2-4,6H2,1H3,(H,10,11,12). The zero-order valence-electron chi connectivity index (χ0n) is 7.56. The summed E-state index contributed by atoms with van der Waals surface area (Å²) in [6.07, 6.45) is 2.67. The lowest BCUT2D eigenvalue weighted by atomic mass is 9.90. The summed E-state index contributed by atoms with van der Waals surface area (Å²) < 4.78 is 30.0. The Labute approximate surface area is 78.1 Å². The lowest BCUT2D eigenvalue weighted by Gasteiger charge is -2.19. The molecule has 0 bridgehead atoms. The van der Waals surface area contributed by atoms with Crippen LogP contribution >= 0.6 is 0 Å². The van der Waals surface area contributed by atoms with Crippen LogP contribution in [0.15, 0.2) is 0 Å². The minimum Gasteiger partial charge on any atom is -0.303 e. The van der Waals surface area contributed by atoms with Crippen molar-refractivity contribution in [3.8, 4) is 0 Å². The summed E-state index contributed by atoms with van der Waals surface area (Å²) in [4.78, 5) is 10.8. The molecule has 1 fully saturated rings. The number of rotatable bonds is 3. The zero-order chi connectivity index (χ0) is 10.1. The van der Waals surface area contributed by atoms with E-state index < -0.39 is 21.3 Å². The molecular weight excluding hydrogens is 192 g/mol. The summed E-state index contributed by atoms with van der Waals surface area (Å²) >= 11 is 0. The van der Waals surface area contributed by atoms with Gasteiger partial charge in [-0.25, -0.2) is 0 Å². The molecule has 1 saturated carbocycles. The maximum Gasteiger partial charge on any atom is 0.265 e. The van der Waals surface area contributed by atoms with E-state index in [1.165, 1.54) is 0 Å². The van der Waals surface area contributed by atoms with E-state index in [1.807, 2.05) is 6.92 Å². The first-order valence-electron chi connectivity index (χ1n) is 4.28. The van der Waals surface area contributed by atoms with Crippen LogP contribution < -0.4 is 0 Å². The molecule has 0 spiro atoms. The molecule has 2 atom stereocenters. The number of hydrogen-bond acceptors (Lipinski definition) is 3. The van der Waals surface area contributed by atoms with Gasteiger partial charge >= 0.3 is 0 Å². The monoisotopic (exact) mass is 206 g/mol. The van der Waals surface area contributed by atoms with Crippen LogP contribution in [-0.2, 0) is 14.9 Å². The molecule has 13 heavy (non-hydrogen) atoms. The van der Waals surface area contributed by atoms with Gasteiger partial charge in [0, 0.05) is 5.41 Å². The van der Waals surface area contributed by atoms with E-state index in [-0.39, 0.29) is 0 Å². The van der Waals surface area contributed by atoms with Crippen LogP contribution in [0.2, 0.25) is 0 Å². The lowest BCUT2D eigenvalue weighted by Crippen LogP contribution is -2.28. The van der Waals surface area contributed by atoms with E-state index in [2.05, 4.69) is 0 Å². The van der Waals surface area contributed by atoms with Gasteiger partial charge in [-0.2, -0.15) is 8.42 Å². The molecule has 5 heteroatoms. The minimum absolute atomic E-state index is 0.368. The average molecular weight is 206 g/mol. The van der Waals surface area contributed by atoms with Gasteiger partial charge in [0.15, 0.2) is 0 Å². The van der Waals surface area contributed by atoms with Crippen molar-refractivity contribution in [3.05, 3.63) is 0 Å². The highest BCUT2D eigenvalue weighted by Gasteiger charge is 2.40. The molecule has 0 amide bonds. The van der Waals surface area contributed by atoms with Crippen molar-refractivity contribution < 1.29 is 17.8 Å². The second-order valence-electron chi connectivity index (χ2n) is 4.05. The summed E-state index contributed by atoms with van der Waals surface area (Å²) in [5.74, 6) is -0.0552. The van der Waals surface area contributed by atoms with Crippen molar-refractivity contribution in [3.63, 3.8) is 0 Å². The van der Waals surface area contributed by atoms with Crippen molar-refractivity contribution in [2.24, 2.45) is 11.3 Å². The molecule has 0 saturated heterocycles. The van der Waals surface area contributed by atoms with Crippen molar-refractivity contribution >= 4 is 16.4 Å². The number of hydrogen-bond donors (Lipinski definition) is 1. The number of carbonyl (C=O) groups excluding carboxylic acids is 1. The van der Waals surface area contributed by atoms with Gasteiger partial charge in [0.1, 0.15) is 6.29 Å². The average Bonchev–Trinajstić information content (AvgIpc) is 2.29. The number of aldehydes is 1. The molecule has 0 heterocycles. The van der Waals surface area contributed by atoms with Gasteiger partial charge in [-0.05, 0) is 25.2 Å². The molecule has 1 aliphatic rings. The Morgan fingerprint density at radius 3 is 2.54 bits per heavy atom. The first-order valence-corrected chi connectivity index (χ1v) is 5.89. The molecule has 4 nitrogen and oxygen atoms in total. The summed E-state index contributed by atoms with van der Waals surface area (Å²) in [6, 6.07) is 0. The molecule has 0 aromatic rings. The van der Waals surface area contributed by atoms with Crippen molar-refractivity contribution in [2.75, 3.05) is 5.75 Å². The summed E-state index contributed by atoms with van der Waals surface area (Å²) in [5.41, 5.74) is -0.826. The molecule has 0 radical (unpaired) electrons. The van der Waals surface area contributed by atoms with Gasteiger partial charge in [-0.15, -0.1) is 0 Å². The number of carbonyl (C=O) groups is 1. The molecule has 1 N–H and O–H groups in total. The lowest BCUT2D eigenvalue weighted by molar-refractivity contribution is -0.115. The van der Waals surface area contributed by atoms with E-state index in [9.17, 15) is 13.2 Å². The Morgan fingerprint density at radius 1 is 1.62 bits per heavy atom. The van der Waals surface area contributed by atoms with Gasteiger partial charge in [-0.3, -0.25) is 4.55 Å².